The molecule has 0 saturated heterocycles. The van der Waals surface area contributed by atoms with E-state index in [0.717, 1.165) is 22.3 Å². The van der Waals surface area contributed by atoms with E-state index in [2.05, 4.69) is 10.2 Å². The highest BCUT2D eigenvalue weighted by atomic mass is 16.6. The molecule has 4 aromatic rings. The van der Waals surface area contributed by atoms with Crippen LogP contribution in [0.4, 0.5) is 11.4 Å². The van der Waals surface area contributed by atoms with Crippen molar-refractivity contribution in [2.24, 2.45) is 11.0 Å². The molecule has 40 heavy (non-hydrogen) atoms. The Morgan fingerprint density at radius 3 is 1.98 bits per heavy atom. The summed E-state index contributed by atoms with van der Waals surface area (Å²) >= 11 is 0. The third kappa shape index (κ3) is 4.53. The van der Waals surface area contributed by atoms with Crippen molar-refractivity contribution >= 4 is 23.0 Å². The number of nitrogens with one attached hydrogen (secondary N) is 1. The average molecular weight is 538 g/mol. The van der Waals surface area contributed by atoms with Gasteiger partial charge in [0.2, 0.25) is 0 Å². The second-order valence-corrected chi connectivity index (χ2v) is 10.5. The smallest absolute Gasteiger partial charge is 0.275 e. The van der Waals surface area contributed by atoms with Gasteiger partial charge in [-0.15, -0.1) is 0 Å². The molecule has 204 valence electrons. The molecule has 3 aromatic carbocycles. The fraction of sp³-hybridized carbons (Fsp3) is 0.258. The molecule has 0 fully saturated rings. The minimum atomic E-state index is -0.779. The van der Waals surface area contributed by atoms with Gasteiger partial charge < -0.3 is 0 Å². The Kier molecular flexibility index (Phi) is 6.75. The summed E-state index contributed by atoms with van der Waals surface area (Å²) in [6.45, 7) is 11.6. The number of carbonyl (C=O) groups excluding carboxylic acids is 1. The van der Waals surface area contributed by atoms with Crippen LogP contribution in [0.3, 0.4) is 0 Å². The number of aryl methyl sites for hydroxylation is 5. The van der Waals surface area contributed by atoms with Gasteiger partial charge in [-0.05, 0) is 93.6 Å². The number of rotatable bonds is 6. The van der Waals surface area contributed by atoms with Gasteiger partial charge in [-0.25, -0.2) is 9.69 Å². The summed E-state index contributed by atoms with van der Waals surface area (Å²) in [5, 5.41) is 20.6. The summed E-state index contributed by atoms with van der Waals surface area (Å²) in [4.78, 5) is 39.0. The number of benzene rings is 3. The fourth-order valence-electron chi connectivity index (χ4n) is 5.31. The molecule has 9 nitrogen and oxygen atoms in total. The van der Waals surface area contributed by atoms with Gasteiger partial charge in [0.15, 0.2) is 0 Å². The van der Waals surface area contributed by atoms with Gasteiger partial charge in [0, 0.05) is 35.0 Å². The van der Waals surface area contributed by atoms with Crippen molar-refractivity contribution in [1.29, 1.82) is 0 Å². The molecule has 1 N–H and O–H groups in total. The van der Waals surface area contributed by atoms with Gasteiger partial charge in [0.05, 0.1) is 22.2 Å². The van der Waals surface area contributed by atoms with Gasteiger partial charge in [-0.2, -0.15) is 5.10 Å². The molecule has 2 atom stereocenters. The monoisotopic (exact) mass is 537 g/mol. The van der Waals surface area contributed by atoms with Crippen LogP contribution in [0.1, 0.15) is 51.9 Å². The van der Waals surface area contributed by atoms with Gasteiger partial charge in [-0.1, -0.05) is 24.3 Å². The first-order valence-corrected chi connectivity index (χ1v) is 13.1. The first-order chi connectivity index (χ1) is 19.0. The second kappa shape index (κ2) is 10.1. The number of nitro groups is 1. The maximum atomic E-state index is 14.0. The van der Waals surface area contributed by atoms with Crippen LogP contribution in [0.2, 0.25) is 0 Å². The number of hydrazone groups is 1. The summed E-state index contributed by atoms with van der Waals surface area (Å²) in [5.41, 5.74) is 7.48. The van der Waals surface area contributed by atoms with Crippen LogP contribution >= 0.6 is 0 Å². The number of amides is 1. The van der Waals surface area contributed by atoms with Gasteiger partial charge in [-0.3, -0.25) is 24.8 Å². The van der Waals surface area contributed by atoms with Crippen molar-refractivity contribution in [3.8, 4) is 5.69 Å². The molecule has 0 bridgehead atoms. The molecule has 1 aliphatic heterocycles. The maximum Gasteiger partial charge on any atom is 0.275 e. The molecule has 1 aromatic heterocycles. The third-order valence-corrected chi connectivity index (χ3v) is 7.89. The lowest BCUT2D eigenvalue weighted by atomic mass is 9.78. The van der Waals surface area contributed by atoms with E-state index in [1.807, 2.05) is 64.1 Å². The van der Waals surface area contributed by atoms with Crippen LogP contribution in [0.25, 0.3) is 5.69 Å². The Morgan fingerprint density at radius 2 is 1.40 bits per heavy atom. The zero-order valence-corrected chi connectivity index (χ0v) is 23.4. The van der Waals surface area contributed by atoms with Crippen molar-refractivity contribution in [1.82, 2.24) is 9.78 Å². The number of hydrogen-bond donors (Lipinski definition) is 1. The number of aromatic amines is 1. The van der Waals surface area contributed by atoms with Crippen molar-refractivity contribution in [2.45, 2.75) is 47.5 Å². The predicted molar refractivity (Wildman–Crippen MR) is 156 cm³/mol. The van der Waals surface area contributed by atoms with Crippen LogP contribution in [0, 0.1) is 50.7 Å². The summed E-state index contributed by atoms with van der Waals surface area (Å²) in [7, 11) is 0. The standard InChI is InChI=1S/C31H31N5O4/c1-17-7-11-25(15-19(17)3)34-30(37)27(21(5)32-34)29(23-9-13-24(14-10-23)36(39)40)28-22(6)33-35(31(28)38)26-12-8-18(2)20(4)16-26/h7-16,27,29,33H,1-6H3/t27-,29-/m0/s1. The van der Waals surface area contributed by atoms with Crippen LogP contribution in [0.15, 0.2) is 70.6 Å². The quantitative estimate of drug-likeness (QED) is 0.248. The molecule has 1 aliphatic rings. The summed E-state index contributed by atoms with van der Waals surface area (Å²) in [6, 6.07) is 17.5. The lowest BCUT2D eigenvalue weighted by Gasteiger charge is -2.23. The Labute approximate surface area is 231 Å². The zero-order chi connectivity index (χ0) is 28.9. The number of hydrogen-bond acceptors (Lipinski definition) is 5. The molecule has 0 aliphatic carbocycles. The fourth-order valence-corrected chi connectivity index (χ4v) is 5.31. The summed E-state index contributed by atoms with van der Waals surface area (Å²) < 4.78 is 1.49. The lowest BCUT2D eigenvalue weighted by Crippen LogP contribution is -2.34. The molecule has 0 saturated carbocycles. The minimum Gasteiger partial charge on any atom is -0.295 e. The number of H-pyrrole nitrogens is 1. The maximum absolute atomic E-state index is 14.0. The highest BCUT2D eigenvalue weighted by Gasteiger charge is 2.43. The predicted octanol–water partition coefficient (Wildman–Crippen LogP) is 5.79. The van der Waals surface area contributed by atoms with Crippen LogP contribution < -0.4 is 10.6 Å². The number of aromatic nitrogens is 2. The van der Waals surface area contributed by atoms with Crippen LogP contribution in [-0.2, 0) is 4.79 Å². The Morgan fingerprint density at radius 1 is 0.825 bits per heavy atom. The Hall–Kier alpha value is -4.79. The SMILES string of the molecule is CC1=NN(c2ccc(C)c(C)c2)C(=O)[C@@H]1[C@H](c1ccc([N+](=O)[O-])cc1)c1c(C)[nH]n(-c2ccc(C)c(C)c2)c1=O. The normalized spacial score (nSPS) is 15.8. The van der Waals surface area contributed by atoms with E-state index >= 15 is 0 Å². The van der Waals surface area contributed by atoms with Crippen molar-refractivity contribution in [3.05, 3.63) is 120 Å². The van der Waals surface area contributed by atoms with Crippen LogP contribution in [0.5, 0.6) is 0 Å². The lowest BCUT2D eigenvalue weighted by molar-refractivity contribution is -0.384. The minimum absolute atomic E-state index is 0.0688. The molecule has 1 amide bonds. The van der Waals surface area contributed by atoms with Crippen molar-refractivity contribution in [2.75, 3.05) is 5.01 Å². The van der Waals surface area contributed by atoms with Crippen molar-refractivity contribution in [3.63, 3.8) is 0 Å². The second-order valence-electron chi connectivity index (χ2n) is 10.5. The van der Waals surface area contributed by atoms with E-state index in [1.165, 1.54) is 21.8 Å². The van der Waals surface area contributed by atoms with Crippen LogP contribution in [-0.4, -0.2) is 26.3 Å². The summed E-state index contributed by atoms with van der Waals surface area (Å²) in [6.07, 6.45) is 0. The van der Waals surface area contributed by atoms with E-state index in [0.29, 0.717) is 33.9 Å². The van der Waals surface area contributed by atoms with Crippen molar-refractivity contribution < 1.29 is 9.72 Å². The number of anilines is 1. The van der Waals surface area contributed by atoms with Gasteiger partial charge in [0.1, 0.15) is 0 Å². The number of carbonyl (C=O) groups is 1. The van der Waals surface area contributed by atoms with E-state index < -0.39 is 16.8 Å². The third-order valence-electron chi connectivity index (χ3n) is 7.89. The largest absolute Gasteiger partial charge is 0.295 e. The number of nitro benzene ring substituents is 1. The first-order valence-electron chi connectivity index (χ1n) is 13.1. The first kappa shape index (κ1) is 26.8. The molecule has 5 rings (SSSR count). The molecule has 9 heteroatoms. The molecular formula is C31H31N5O4. The summed E-state index contributed by atoms with van der Waals surface area (Å²) in [5.74, 6) is -1.76. The van der Waals surface area contributed by atoms with Gasteiger partial charge >= 0.3 is 0 Å². The van der Waals surface area contributed by atoms with E-state index in [-0.39, 0.29) is 17.2 Å². The molecule has 2 heterocycles. The highest BCUT2D eigenvalue weighted by molar-refractivity contribution is 6.15. The number of non-ortho nitro benzene ring substituents is 1. The molecule has 0 unspecified atom stereocenters. The Bertz CT molecular complexity index is 1750. The van der Waals surface area contributed by atoms with E-state index in [9.17, 15) is 19.7 Å². The number of nitrogens with zero attached hydrogens (tertiary/aromatic N) is 4. The van der Waals surface area contributed by atoms with Gasteiger partial charge in [0.25, 0.3) is 17.2 Å². The highest BCUT2D eigenvalue weighted by Crippen LogP contribution is 2.39. The molecular weight excluding hydrogens is 506 g/mol. The molecule has 0 radical (unpaired) electrons. The zero-order valence-electron chi connectivity index (χ0n) is 23.4. The Balaban J connectivity index is 1.66. The van der Waals surface area contributed by atoms with E-state index in [4.69, 9.17) is 0 Å². The topological polar surface area (TPSA) is 114 Å². The average Bonchev–Trinajstić information content (AvgIpc) is 3.38. The van der Waals surface area contributed by atoms with E-state index in [1.54, 1.807) is 26.0 Å². The molecule has 0 spiro atoms.